The van der Waals surface area contributed by atoms with Crippen molar-refractivity contribution in [2.24, 2.45) is 17.3 Å². The Bertz CT molecular complexity index is 429. The third-order valence-corrected chi connectivity index (χ3v) is 5.53. The Morgan fingerprint density at radius 3 is 2.62 bits per heavy atom. The Balaban J connectivity index is 1.53. The summed E-state index contributed by atoms with van der Waals surface area (Å²) in [6.07, 6.45) is 3.65. The minimum absolute atomic E-state index is 0.108. The van der Waals surface area contributed by atoms with Crippen molar-refractivity contribution in [3.05, 3.63) is 0 Å². The smallest absolute Gasteiger partial charge is 0.225 e. The summed E-state index contributed by atoms with van der Waals surface area (Å²) in [5.41, 5.74) is 0.108. The molecule has 0 unspecified atom stereocenters. The van der Waals surface area contributed by atoms with E-state index in [4.69, 9.17) is 4.74 Å². The molecule has 1 aliphatic carbocycles. The van der Waals surface area contributed by atoms with Gasteiger partial charge in [-0.15, -0.1) is 0 Å². The SMILES string of the molecule is COCCN1CC2(CCN(C(=O)[C@H]3C[C@@H]3C)CC2)CC1=O. The normalized spacial score (nSPS) is 31.0. The van der Waals surface area contributed by atoms with Crippen LogP contribution in [-0.4, -0.2) is 61.5 Å². The van der Waals surface area contributed by atoms with E-state index in [-0.39, 0.29) is 17.2 Å². The van der Waals surface area contributed by atoms with Crippen LogP contribution in [0.4, 0.5) is 0 Å². The highest BCUT2D eigenvalue weighted by Gasteiger charge is 2.47. The van der Waals surface area contributed by atoms with Crippen LogP contribution in [0.3, 0.4) is 0 Å². The van der Waals surface area contributed by atoms with Crippen LogP contribution >= 0.6 is 0 Å². The zero-order valence-corrected chi connectivity index (χ0v) is 13.1. The fourth-order valence-corrected chi connectivity index (χ4v) is 3.82. The average molecular weight is 294 g/mol. The molecule has 3 aliphatic rings. The molecule has 2 amide bonds. The van der Waals surface area contributed by atoms with E-state index in [1.807, 2.05) is 9.80 Å². The van der Waals surface area contributed by atoms with Crippen molar-refractivity contribution in [2.45, 2.75) is 32.6 Å². The maximum atomic E-state index is 12.3. The van der Waals surface area contributed by atoms with Gasteiger partial charge in [0.05, 0.1) is 6.61 Å². The third-order valence-electron chi connectivity index (χ3n) is 5.53. The van der Waals surface area contributed by atoms with Crippen LogP contribution in [0, 0.1) is 17.3 Å². The van der Waals surface area contributed by atoms with Gasteiger partial charge in [0, 0.05) is 51.0 Å². The van der Waals surface area contributed by atoms with Gasteiger partial charge in [0.25, 0.3) is 0 Å². The number of nitrogens with zero attached hydrogens (tertiary/aromatic N) is 2. The Hall–Kier alpha value is -1.10. The molecule has 2 heterocycles. The highest BCUT2D eigenvalue weighted by atomic mass is 16.5. The average Bonchev–Trinajstić information content (AvgIpc) is 3.12. The molecule has 2 saturated heterocycles. The van der Waals surface area contributed by atoms with E-state index in [0.717, 1.165) is 38.9 Å². The molecule has 0 radical (unpaired) electrons. The number of carbonyl (C=O) groups is 2. The highest BCUT2D eigenvalue weighted by Crippen LogP contribution is 2.43. The molecule has 0 aromatic carbocycles. The van der Waals surface area contributed by atoms with Gasteiger partial charge in [-0.2, -0.15) is 0 Å². The Kier molecular flexibility index (Phi) is 3.95. The molecule has 0 aromatic heterocycles. The minimum Gasteiger partial charge on any atom is -0.383 e. The first-order chi connectivity index (χ1) is 10.0. The van der Waals surface area contributed by atoms with Crippen molar-refractivity contribution in [1.29, 1.82) is 0 Å². The van der Waals surface area contributed by atoms with E-state index >= 15 is 0 Å². The van der Waals surface area contributed by atoms with Gasteiger partial charge in [0.1, 0.15) is 0 Å². The molecular weight excluding hydrogens is 268 g/mol. The van der Waals surface area contributed by atoms with Gasteiger partial charge in [-0.3, -0.25) is 9.59 Å². The fourth-order valence-electron chi connectivity index (χ4n) is 3.82. The lowest BCUT2D eigenvalue weighted by Crippen LogP contribution is -2.45. The Morgan fingerprint density at radius 2 is 2.05 bits per heavy atom. The molecular formula is C16H26N2O3. The summed E-state index contributed by atoms with van der Waals surface area (Å²) in [5, 5.41) is 0. The highest BCUT2D eigenvalue weighted by molar-refractivity contribution is 5.82. The first kappa shape index (κ1) is 14.8. The first-order valence-electron chi connectivity index (χ1n) is 8.10. The van der Waals surface area contributed by atoms with Crippen LogP contribution in [0.25, 0.3) is 0 Å². The van der Waals surface area contributed by atoms with Crippen molar-refractivity contribution in [2.75, 3.05) is 39.9 Å². The van der Waals surface area contributed by atoms with E-state index in [2.05, 4.69) is 6.92 Å². The van der Waals surface area contributed by atoms with E-state index in [1.165, 1.54) is 0 Å². The lowest BCUT2D eigenvalue weighted by Gasteiger charge is -2.39. The molecule has 1 spiro atoms. The summed E-state index contributed by atoms with van der Waals surface area (Å²) in [7, 11) is 1.67. The Morgan fingerprint density at radius 1 is 1.38 bits per heavy atom. The van der Waals surface area contributed by atoms with Crippen LogP contribution < -0.4 is 0 Å². The molecule has 3 fully saturated rings. The second-order valence-electron chi connectivity index (χ2n) is 7.13. The lowest BCUT2D eigenvalue weighted by molar-refractivity contribution is -0.135. The number of likely N-dealkylation sites (tertiary alicyclic amines) is 2. The standard InChI is InChI=1S/C16H26N2O3/c1-12-9-13(12)15(20)17-5-3-16(4-6-17)10-14(19)18(11-16)7-8-21-2/h12-13H,3-11H2,1-2H3/t12-,13-/m0/s1. The number of carbonyl (C=O) groups excluding carboxylic acids is 2. The first-order valence-corrected chi connectivity index (χ1v) is 8.10. The zero-order chi connectivity index (χ0) is 15.0. The number of methoxy groups -OCH3 is 1. The second kappa shape index (κ2) is 5.59. The second-order valence-corrected chi connectivity index (χ2v) is 7.13. The molecule has 21 heavy (non-hydrogen) atoms. The van der Waals surface area contributed by atoms with Gasteiger partial charge in [0.15, 0.2) is 0 Å². The van der Waals surface area contributed by atoms with E-state index in [1.54, 1.807) is 7.11 Å². The van der Waals surface area contributed by atoms with Crippen LogP contribution in [-0.2, 0) is 14.3 Å². The Labute approximate surface area is 126 Å². The van der Waals surface area contributed by atoms with Crippen molar-refractivity contribution in [3.8, 4) is 0 Å². The topological polar surface area (TPSA) is 49.9 Å². The van der Waals surface area contributed by atoms with Crippen molar-refractivity contribution in [1.82, 2.24) is 9.80 Å². The number of amides is 2. The number of hydrogen-bond donors (Lipinski definition) is 0. The van der Waals surface area contributed by atoms with E-state index in [0.29, 0.717) is 31.4 Å². The predicted molar refractivity (Wildman–Crippen MR) is 78.6 cm³/mol. The van der Waals surface area contributed by atoms with Gasteiger partial charge < -0.3 is 14.5 Å². The molecule has 0 aromatic rings. The number of rotatable bonds is 4. The minimum atomic E-state index is 0.108. The number of piperidine rings is 1. The molecule has 118 valence electrons. The monoisotopic (exact) mass is 294 g/mol. The molecule has 0 N–H and O–H groups in total. The predicted octanol–water partition coefficient (Wildman–Crippen LogP) is 1.13. The molecule has 0 bridgehead atoms. The maximum Gasteiger partial charge on any atom is 0.225 e. The van der Waals surface area contributed by atoms with Crippen molar-refractivity contribution in [3.63, 3.8) is 0 Å². The van der Waals surface area contributed by atoms with Gasteiger partial charge in [-0.25, -0.2) is 0 Å². The summed E-state index contributed by atoms with van der Waals surface area (Å²) in [6.45, 7) is 5.95. The summed E-state index contributed by atoms with van der Waals surface area (Å²) < 4.78 is 5.07. The summed E-state index contributed by atoms with van der Waals surface area (Å²) in [6, 6.07) is 0. The maximum absolute atomic E-state index is 12.3. The quantitative estimate of drug-likeness (QED) is 0.781. The van der Waals surface area contributed by atoms with Crippen LogP contribution in [0.5, 0.6) is 0 Å². The molecule has 3 rings (SSSR count). The van der Waals surface area contributed by atoms with Crippen LogP contribution in [0.2, 0.25) is 0 Å². The molecule has 1 saturated carbocycles. The largest absolute Gasteiger partial charge is 0.383 e. The third kappa shape index (κ3) is 2.93. The van der Waals surface area contributed by atoms with E-state index < -0.39 is 0 Å². The fraction of sp³-hybridized carbons (Fsp3) is 0.875. The molecule has 5 nitrogen and oxygen atoms in total. The van der Waals surface area contributed by atoms with Crippen LogP contribution in [0.1, 0.15) is 32.6 Å². The summed E-state index contributed by atoms with van der Waals surface area (Å²) in [5.74, 6) is 1.45. The molecule has 2 atom stereocenters. The van der Waals surface area contributed by atoms with Gasteiger partial charge in [-0.1, -0.05) is 6.92 Å². The van der Waals surface area contributed by atoms with Crippen molar-refractivity contribution < 1.29 is 14.3 Å². The van der Waals surface area contributed by atoms with Gasteiger partial charge in [0.2, 0.25) is 11.8 Å². The van der Waals surface area contributed by atoms with Gasteiger partial charge in [-0.05, 0) is 25.2 Å². The number of hydrogen-bond acceptors (Lipinski definition) is 3. The summed E-state index contributed by atoms with van der Waals surface area (Å²) >= 11 is 0. The van der Waals surface area contributed by atoms with Gasteiger partial charge >= 0.3 is 0 Å². The van der Waals surface area contributed by atoms with E-state index in [9.17, 15) is 9.59 Å². The lowest BCUT2D eigenvalue weighted by atomic mass is 9.77. The van der Waals surface area contributed by atoms with Crippen molar-refractivity contribution >= 4 is 11.8 Å². The summed E-state index contributed by atoms with van der Waals surface area (Å²) in [4.78, 5) is 28.4. The number of ether oxygens (including phenoxy) is 1. The van der Waals surface area contributed by atoms with Crippen LogP contribution in [0.15, 0.2) is 0 Å². The molecule has 2 aliphatic heterocycles. The zero-order valence-electron chi connectivity index (χ0n) is 13.1. The molecule has 5 heteroatoms.